The van der Waals surface area contributed by atoms with Crippen LogP contribution in [-0.4, -0.2) is 40.0 Å². The maximum Gasteiger partial charge on any atom is 0.336 e. The Balaban J connectivity index is 2.55. The second-order valence-corrected chi connectivity index (χ2v) is 5.10. The van der Waals surface area contributed by atoms with Gasteiger partial charge >= 0.3 is 5.97 Å². The molecular weight excluding hydrogens is 294 g/mol. The molecule has 0 aromatic carbocycles. The Morgan fingerprint density at radius 2 is 2.29 bits per heavy atom. The Labute approximate surface area is 125 Å². The zero-order chi connectivity index (χ0) is 15.4. The molecule has 8 heteroatoms. The normalized spacial score (nSPS) is 10.6. The zero-order valence-electron chi connectivity index (χ0n) is 11.6. The average Bonchev–Trinajstić information content (AvgIpc) is 2.98. The van der Waals surface area contributed by atoms with Gasteiger partial charge in [0.25, 0.3) is 0 Å². The first-order valence-electron chi connectivity index (χ1n) is 6.09. The van der Waals surface area contributed by atoms with Crippen LogP contribution in [0.5, 0.6) is 0 Å². The highest BCUT2D eigenvalue weighted by atomic mass is 32.1. The maximum absolute atomic E-state index is 11.3. The van der Waals surface area contributed by atoms with Gasteiger partial charge in [-0.3, -0.25) is 4.90 Å². The van der Waals surface area contributed by atoms with Crippen LogP contribution >= 0.6 is 11.3 Å². The second kappa shape index (κ2) is 6.61. The summed E-state index contributed by atoms with van der Waals surface area (Å²) < 4.78 is 5.13. The van der Waals surface area contributed by atoms with Crippen LogP contribution in [0.2, 0.25) is 0 Å². The Bertz CT molecular complexity index is 631. The van der Waals surface area contributed by atoms with Crippen LogP contribution in [0.1, 0.15) is 21.6 Å². The predicted molar refractivity (Wildman–Crippen MR) is 78.0 cm³/mol. The Hall–Kier alpha value is -2.03. The van der Waals surface area contributed by atoms with Crippen LogP contribution in [0, 0.1) is 6.92 Å². The third kappa shape index (κ3) is 3.18. The van der Waals surface area contributed by atoms with Crippen LogP contribution in [-0.2, 0) is 11.3 Å². The number of nitrogens with zero attached hydrogens (tertiary/aromatic N) is 3. The first kappa shape index (κ1) is 15.4. The van der Waals surface area contributed by atoms with E-state index < -0.39 is 5.97 Å². The van der Waals surface area contributed by atoms with Crippen LogP contribution in [0.4, 0.5) is 10.9 Å². The fourth-order valence-electron chi connectivity index (χ4n) is 1.86. The van der Waals surface area contributed by atoms with Gasteiger partial charge in [0.1, 0.15) is 12.5 Å². The molecule has 112 valence electrons. The number of aliphatic hydroxyl groups is 1. The number of anilines is 2. The molecule has 21 heavy (non-hydrogen) atoms. The molecule has 2 heterocycles. The summed E-state index contributed by atoms with van der Waals surface area (Å²) in [6, 6.07) is 1.46. The Morgan fingerprint density at radius 3 is 2.81 bits per heavy atom. The molecule has 0 amide bonds. The van der Waals surface area contributed by atoms with Gasteiger partial charge in [-0.15, -0.1) is 11.3 Å². The van der Waals surface area contributed by atoms with Gasteiger partial charge in [-0.2, -0.15) is 0 Å². The molecule has 0 spiro atoms. The van der Waals surface area contributed by atoms with Crippen molar-refractivity contribution in [2.24, 2.45) is 0 Å². The molecule has 2 N–H and O–H groups in total. The predicted octanol–water partition coefficient (Wildman–Crippen LogP) is 1.78. The van der Waals surface area contributed by atoms with E-state index in [0.717, 1.165) is 0 Å². The van der Waals surface area contributed by atoms with Gasteiger partial charge in [-0.05, 0) is 18.6 Å². The summed E-state index contributed by atoms with van der Waals surface area (Å²) in [4.78, 5) is 21.5. The zero-order valence-corrected chi connectivity index (χ0v) is 12.4. The van der Waals surface area contributed by atoms with E-state index in [2.05, 4.69) is 9.97 Å². The van der Waals surface area contributed by atoms with E-state index in [-0.39, 0.29) is 18.9 Å². The molecular formula is C13H15N3O4S. The SMILES string of the molecule is COCN(c1cc(C(=O)O)c(C)c(CO)n1)c1nccs1. The molecule has 2 aromatic heterocycles. The molecule has 2 rings (SSSR count). The number of aromatic nitrogens is 2. The largest absolute Gasteiger partial charge is 0.478 e. The molecule has 2 aromatic rings. The van der Waals surface area contributed by atoms with E-state index in [9.17, 15) is 15.0 Å². The van der Waals surface area contributed by atoms with E-state index in [1.807, 2.05) is 0 Å². The van der Waals surface area contributed by atoms with Gasteiger partial charge in [0.15, 0.2) is 5.13 Å². The van der Waals surface area contributed by atoms with Crippen LogP contribution in [0.15, 0.2) is 17.6 Å². The lowest BCUT2D eigenvalue weighted by atomic mass is 10.1. The number of hydrogen-bond acceptors (Lipinski definition) is 7. The molecule has 0 aliphatic rings. The topological polar surface area (TPSA) is 95.8 Å². The summed E-state index contributed by atoms with van der Waals surface area (Å²) in [5.41, 5.74) is 0.870. The van der Waals surface area contributed by atoms with Crippen LogP contribution in [0.25, 0.3) is 0 Å². The molecule has 0 saturated carbocycles. The number of pyridine rings is 1. The first-order valence-corrected chi connectivity index (χ1v) is 6.97. The lowest BCUT2D eigenvalue weighted by molar-refractivity contribution is 0.0695. The quantitative estimate of drug-likeness (QED) is 0.785. The molecule has 0 aliphatic heterocycles. The maximum atomic E-state index is 11.3. The van der Waals surface area contributed by atoms with Gasteiger partial charge in [0.05, 0.1) is 17.9 Å². The highest BCUT2D eigenvalue weighted by Crippen LogP contribution is 2.28. The van der Waals surface area contributed by atoms with Gasteiger partial charge in [0.2, 0.25) is 0 Å². The standard InChI is InChI=1S/C13H15N3O4S/c1-8-9(12(18)19)5-11(15-10(8)6-17)16(7-20-2)13-14-3-4-21-13/h3-5,17H,6-7H2,1-2H3,(H,18,19). The fraction of sp³-hybridized carbons (Fsp3) is 0.308. The molecule has 0 saturated heterocycles. The van der Waals surface area contributed by atoms with Crippen molar-refractivity contribution < 1.29 is 19.7 Å². The number of carboxylic acids is 1. The molecule has 0 bridgehead atoms. The minimum atomic E-state index is -1.07. The van der Waals surface area contributed by atoms with Crippen molar-refractivity contribution in [3.63, 3.8) is 0 Å². The molecule has 0 radical (unpaired) electrons. The van der Waals surface area contributed by atoms with Crippen molar-refractivity contribution in [2.75, 3.05) is 18.7 Å². The van der Waals surface area contributed by atoms with Gasteiger partial charge in [-0.25, -0.2) is 14.8 Å². The average molecular weight is 309 g/mol. The molecule has 0 fully saturated rings. The Morgan fingerprint density at radius 1 is 1.52 bits per heavy atom. The fourth-order valence-corrected chi connectivity index (χ4v) is 2.50. The number of aromatic carboxylic acids is 1. The number of hydrogen-bond donors (Lipinski definition) is 2. The third-order valence-corrected chi connectivity index (χ3v) is 3.72. The summed E-state index contributed by atoms with van der Waals surface area (Å²) in [6.45, 7) is 1.46. The third-order valence-electron chi connectivity index (χ3n) is 2.92. The summed E-state index contributed by atoms with van der Waals surface area (Å²) >= 11 is 1.38. The van der Waals surface area contributed by atoms with Crippen molar-refractivity contribution >= 4 is 28.3 Å². The Kier molecular flexibility index (Phi) is 4.84. The van der Waals surface area contributed by atoms with E-state index in [1.54, 1.807) is 23.4 Å². The smallest absolute Gasteiger partial charge is 0.336 e. The van der Waals surface area contributed by atoms with E-state index in [1.165, 1.54) is 24.5 Å². The number of rotatable bonds is 6. The number of carbonyl (C=O) groups is 1. The highest BCUT2D eigenvalue weighted by molar-refractivity contribution is 7.13. The van der Waals surface area contributed by atoms with E-state index in [0.29, 0.717) is 22.2 Å². The number of ether oxygens (including phenoxy) is 1. The number of aliphatic hydroxyl groups excluding tert-OH is 1. The number of methoxy groups -OCH3 is 1. The molecule has 0 unspecified atom stereocenters. The van der Waals surface area contributed by atoms with E-state index in [4.69, 9.17) is 4.74 Å². The van der Waals surface area contributed by atoms with Crippen LogP contribution in [0.3, 0.4) is 0 Å². The minimum absolute atomic E-state index is 0.0988. The van der Waals surface area contributed by atoms with Crippen molar-refractivity contribution in [2.45, 2.75) is 13.5 Å². The van der Waals surface area contributed by atoms with Gasteiger partial charge in [-0.1, -0.05) is 0 Å². The van der Waals surface area contributed by atoms with E-state index >= 15 is 0 Å². The minimum Gasteiger partial charge on any atom is -0.478 e. The highest BCUT2D eigenvalue weighted by Gasteiger charge is 2.19. The molecule has 7 nitrogen and oxygen atoms in total. The summed E-state index contributed by atoms with van der Waals surface area (Å²) in [6.07, 6.45) is 1.64. The monoisotopic (exact) mass is 309 g/mol. The molecule has 0 atom stereocenters. The summed E-state index contributed by atoms with van der Waals surface area (Å²) in [5.74, 6) is -0.693. The number of carboxylic acid groups (broad SMARTS) is 1. The van der Waals surface area contributed by atoms with Crippen molar-refractivity contribution in [1.29, 1.82) is 0 Å². The van der Waals surface area contributed by atoms with Crippen molar-refractivity contribution in [3.05, 3.63) is 34.5 Å². The first-order chi connectivity index (χ1) is 10.1. The van der Waals surface area contributed by atoms with Crippen LogP contribution < -0.4 is 4.90 Å². The lowest BCUT2D eigenvalue weighted by Gasteiger charge is -2.21. The lowest BCUT2D eigenvalue weighted by Crippen LogP contribution is -2.22. The van der Waals surface area contributed by atoms with Gasteiger partial charge in [0, 0.05) is 18.7 Å². The summed E-state index contributed by atoms with van der Waals surface area (Å²) in [5, 5.41) is 21.1. The van der Waals surface area contributed by atoms with Crippen molar-refractivity contribution in [3.8, 4) is 0 Å². The second-order valence-electron chi connectivity index (χ2n) is 4.22. The number of thiazole rings is 1. The molecule has 0 aliphatic carbocycles. The summed E-state index contributed by atoms with van der Waals surface area (Å²) in [7, 11) is 1.53. The van der Waals surface area contributed by atoms with Gasteiger partial charge < -0.3 is 14.9 Å². The van der Waals surface area contributed by atoms with Crippen molar-refractivity contribution in [1.82, 2.24) is 9.97 Å².